The Morgan fingerprint density at radius 3 is 2.22 bits per heavy atom. The van der Waals surface area contributed by atoms with Gasteiger partial charge in [-0.05, 0) is 61.6 Å². The average molecular weight is 385 g/mol. The normalized spacial score (nSPS) is 11.7. The standard InChI is InChI=1S/C20H24N4O2S/c1-13-6-14(2)16(4)20(15(13)3)27(25,26)23-9-17-7-18(10-21-8-17)19-11-22-24(5)12-19/h6-8,10-12,23H,9H2,1-5H3. The highest BCUT2D eigenvalue weighted by atomic mass is 32.2. The summed E-state index contributed by atoms with van der Waals surface area (Å²) in [6.45, 7) is 7.74. The zero-order valence-corrected chi connectivity index (χ0v) is 17.1. The number of aryl methyl sites for hydroxylation is 3. The van der Waals surface area contributed by atoms with Gasteiger partial charge in [0.25, 0.3) is 0 Å². The molecule has 3 aromatic rings. The van der Waals surface area contributed by atoms with E-state index in [4.69, 9.17) is 0 Å². The maximum atomic E-state index is 13.0. The van der Waals surface area contributed by atoms with Gasteiger partial charge >= 0.3 is 0 Å². The first-order valence-electron chi connectivity index (χ1n) is 8.69. The fourth-order valence-corrected chi connectivity index (χ4v) is 4.78. The van der Waals surface area contributed by atoms with Crippen LogP contribution in [0.25, 0.3) is 11.1 Å². The van der Waals surface area contributed by atoms with Crippen LogP contribution in [0.3, 0.4) is 0 Å². The fourth-order valence-electron chi connectivity index (χ4n) is 3.15. The lowest BCUT2D eigenvalue weighted by Crippen LogP contribution is -2.25. The third-order valence-corrected chi connectivity index (χ3v) is 6.54. The highest BCUT2D eigenvalue weighted by molar-refractivity contribution is 7.89. The Kier molecular flexibility index (Phi) is 5.17. The van der Waals surface area contributed by atoms with Crippen molar-refractivity contribution in [2.45, 2.75) is 39.1 Å². The van der Waals surface area contributed by atoms with Crippen molar-refractivity contribution in [3.8, 4) is 11.1 Å². The second-order valence-electron chi connectivity index (χ2n) is 6.90. The van der Waals surface area contributed by atoms with Gasteiger partial charge in [0.1, 0.15) is 0 Å². The molecule has 27 heavy (non-hydrogen) atoms. The van der Waals surface area contributed by atoms with E-state index in [-0.39, 0.29) is 6.54 Å². The number of hydrogen-bond donors (Lipinski definition) is 1. The number of pyridine rings is 1. The second kappa shape index (κ2) is 7.25. The number of aromatic nitrogens is 3. The van der Waals surface area contributed by atoms with E-state index in [1.165, 1.54) is 0 Å². The molecule has 0 atom stereocenters. The van der Waals surface area contributed by atoms with Crippen LogP contribution < -0.4 is 4.72 Å². The summed E-state index contributed by atoms with van der Waals surface area (Å²) in [5.74, 6) is 0. The van der Waals surface area contributed by atoms with E-state index in [0.29, 0.717) is 4.90 Å². The summed E-state index contributed by atoms with van der Waals surface area (Å²) in [4.78, 5) is 4.61. The number of nitrogens with one attached hydrogen (secondary N) is 1. The summed E-state index contributed by atoms with van der Waals surface area (Å²) in [5, 5.41) is 4.16. The predicted molar refractivity (Wildman–Crippen MR) is 106 cm³/mol. The summed E-state index contributed by atoms with van der Waals surface area (Å²) in [7, 11) is -1.78. The van der Waals surface area contributed by atoms with Crippen molar-refractivity contribution in [3.63, 3.8) is 0 Å². The van der Waals surface area contributed by atoms with Crippen molar-refractivity contribution in [3.05, 3.63) is 64.7 Å². The maximum Gasteiger partial charge on any atom is 0.241 e. The summed E-state index contributed by atoms with van der Waals surface area (Å²) in [6, 6.07) is 3.94. The summed E-state index contributed by atoms with van der Waals surface area (Å²) in [5.41, 5.74) is 6.15. The van der Waals surface area contributed by atoms with Crippen LogP contribution in [-0.4, -0.2) is 23.2 Å². The van der Waals surface area contributed by atoms with E-state index in [9.17, 15) is 8.42 Å². The minimum absolute atomic E-state index is 0.176. The van der Waals surface area contributed by atoms with Crippen LogP contribution in [0.2, 0.25) is 0 Å². The lowest BCUT2D eigenvalue weighted by Gasteiger charge is -2.16. The lowest BCUT2D eigenvalue weighted by molar-refractivity contribution is 0.579. The molecule has 0 spiro atoms. The van der Waals surface area contributed by atoms with E-state index in [0.717, 1.165) is 38.9 Å². The van der Waals surface area contributed by atoms with Crippen LogP contribution >= 0.6 is 0 Å². The molecule has 2 heterocycles. The summed E-state index contributed by atoms with van der Waals surface area (Å²) < 4.78 is 30.4. The topological polar surface area (TPSA) is 76.9 Å². The number of hydrogen-bond acceptors (Lipinski definition) is 4. The highest BCUT2D eigenvalue weighted by Gasteiger charge is 2.21. The zero-order valence-electron chi connectivity index (χ0n) is 16.2. The molecular weight excluding hydrogens is 360 g/mol. The monoisotopic (exact) mass is 384 g/mol. The van der Waals surface area contributed by atoms with Gasteiger partial charge in [0, 0.05) is 43.3 Å². The SMILES string of the molecule is Cc1cc(C)c(C)c(S(=O)(=O)NCc2cncc(-c3cnn(C)c3)c2)c1C. The van der Waals surface area contributed by atoms with Crippen molar-refractivity contribution in [2.24, 2.45) is 7.05 Å². The molecule has 7 heteroatoms. The first-order valence-corrected chi connectivity index (χ1v) is 10.2. The van der Waals surface area contributed by atoms with Crippen molar-refractivity contribution >= 4 is 10.0 Å². The molecule has 0 saturated heterocycles. The second-order valence-corrected chi connectivity index (χ2v) is 8.60. The van der Waals surface area contributed by atoms with Crippen LogP contribution in [0, 0.1) is 27.7 Å². The summed E-state index contributed by atoms with van der Waals surface area (Å²) >= 11 is 0. The Morgan fingerprint density at radius 2 is 1.63 bits per heavy atom. The van der Waals surface area contributed by atoms with Gasteiger partial charge in [-0.3, -0.25) is 9.67 Å². The van der Waals surface area contributed by atoms with Gasteiger partial charge in [0.15, 0.2) is 0 Å². The third kappa shape index (κ3) is 3.94. The largest absolute Gasteiger partial charge is 0.275 e. The van der Waals surface area contributed by atoms with Crippen LogP contribution in [0.1, 0.15) is 27.8 Å². The van der Waals surface area contributed by atoms with E-state index in [1.54, 1.807) is 23.3 Å². The number of rotatable bonds is 5. The quantitative estimate of drug-likeness (QED) is 0.733. The number of sulfonamides is 1. The Bertz CT molecular complexity index is 1070. The molecule has 0 aliphatic heterocycles. The molecule has 142 valence electrons. The Hall–Kier alpha value is -2.51. The molecule has 0 fully saturated rings. The van der Waals surface area contributed by atoms with E-state index >= 15 is 0 Å². The molecular formula is C20H24N4O2S. The van der Waals surface area contributed by atoms with Gasteiger partial charge in [0.2, 0.25) is 10.0 Å². The third-order valence-electron chi connectivity index (χ3n) is 4.87. The van der Waals surface area contributed by atoms with E-state index < -0.39 is 10.0 Å². The summed E-state index contributed by atoms with van der Waals surface area (Å²) in [6.07, 6.45) is 7.07. The van der Waals surface area contributed by atoms with Gasteiger partial charge < -0.3 is 0 Å². The molecule has 6 nitrogen and oxygen atoms in total. The number of benzene rings is 1. The molecule has 0 aliphatic rings. The van der Waals surface area contributed by atoms with Crippen molar-refractivity contribution in [1.29, 1.82) is 0 Å². The molecule has 2 aromatic heterocycles. The maximum absolute atomic E-state index is 13.0. The van der Waals surface area contributed by atoms with E-state index in [2.05, 4.69) is 14.8 Å². The molecule has 1 N–H and O–H groups in total. The average Bonchev–Trinajstić information content (AvgIpc) is 3.05. The molecule has 0 saturated carbocycles. The molecule has 0 aliphatic carbocycles. The smallest absolute Gasteiger partial charge is 0.241 e. The molecule has 1 aromatic carbocycles. The van der Waals surface area contributed by atoms with Crippen molar-refractivity contribution in [1.82, 2.24) is 19.5 Å². The van der Waals surface area contributed by atoms with E-state index in [1.807, 2.05) is 53.1 Å². The number of nitrogens with zero attached hydrogens (tertiary/aromatic N) is 3. The molecule has 0 amide bonds. The van der Waals surface area contributed by atoms with Crippen molar-refractivity contribution in [2.75, 3.05) is 0 Å². The zero-order chi connectivity index (χ0) is 19.8. The van der Waals surface area contributed by atoms with Crippen LogP contribution in [0.4, 0.5) is 0 Å². The van der Waals surface area contributed by atoms with Gasteiger partial charge in [0.05, 0.1) is 11.1 Å². The van der Waals surface area contributed by atoms with Gasteiger partial charge in [-0.2, -0.15) is 5.10 Å². The molecule has 3 rings (SSSR count). The minimum atomic E-state index is -3.63. The lowest BCUT2D eigenvalue weighted by atomic mass is 10.0. The molecule has 0 unspecified atom stereocenters. The molecule has 0 radical (unpaired) electrons. The predicted octanol–water partition coefficient (Wildman–Crippen LogP) is 3.19. The Balaban J connectivity index is 1.87. The fraction of sp³-hybridized carbons (Fsp3) is 0.300. The highest BCUT2D eigenvalue weighted by Crippen LogP contribution is 2.26. The van der Waals surface area contributed by atoms with Crippen molar-refractivity contribution < 1.29 is 8.42 Å². The van der Waals surface area contributed by atoms with Gasteiger partial charge in [-0.25, -0.2) is 13.1 Å². The van der Waals surface area contributed by atoms with Gasteiger partial charge in [-0.1, -0.05) is 6.07 Å². The first-order chi connectivity index (χ1) is 12.7. The minimum Gasteiger partial charge on any atom is -0.275 e. The van der Waals surface area contributed by atoms with Gasteiger partial charge in [-0.15, -0.1) is 0 Å². The molecule has 0 bridgehead atoms. The Morgan fingerprint density at radius 1 is 0.963 bits per heavy atom. The Labute approximate surface area is 160 Å². The first kappa shape index (κ1) is 19.3. The van der Waals surface area contributed by atoms with Crippen LogP contribution in [0.15, 0.2) is 41.8 Å². The van der Waals surface area contributed by atoms with Crippen LogP contribution in [0.5, 0.6) is 0 Å². The van der Waals surface area contributed by atoms with Crippen LogP contribution in [-0.2, 0) is 23.6 Å².